The maximum absolute atomic E-state index is 8.97. The molecule has 21 heavy (non-hydrogen) atoms. The van der Waals surface area contributed by atoms with E-state index in [0.717, 1.165) is 11.1 Å². The van der Waals surface area contributed by atoms with E-state index in [1.54, 1.807) is 24.3 Å². The number of hydrogen-bond donors (Lipinski definition) is 0. The Morgan fingerprint density at radius 1 is 0.524 bits per heavy atom. The van der Waals surface area contributed by atoms with Gasteiger partial charge >= 0.3 is 0 Å². The number of rotatable bonds is 2. The zero-order valence-electron chi connectivity index (χ0n) is 11.0. The van der Waals surface area contributed by atoms with Crippen molar-refractivity contribution in [2.24, 2.45) is 0 Å². The first-order valence-electron chi connectivity index (χ1n) is 6.07. The maximum atomic E-state index is 8.97. The highest BCUT2D eigenvalue weighted by atomic mass is 14.3. The average Bonchev–Trinajstić information content (AvgIpc) is 2.53. The van der Waals surface area contributed by atoms with Crippen molar-refractivity contribution in [1.82, 2.24) is 0 Å². The zero-order chi connectivity index (χ0) is 15.2. The molecule has 0 atom stereocenters. The Kier molecular flexibility index (Phi) is 3.97. The van der Waals surface area contributed by atoms with Gasteiger partial charge in [-0.3, -0.25) is 0 Å². The standard InChI is InChI=1S/C17H8N4/c18-8-14-2-12(3-15(6-14)9-19)1-13-4-16(10-20)7-17(5-13)11-21/h2-7H,1H2. The summed E-state index contributed by atoms with van der Waals surface area (Å²) < 4.78 is 0. The van der Waals surface area contributed by atoms with Crippen molar-refractivity contribution in [1.29, 1.82) is 21.0 Å². The molecule has 0 amide bonds. The van der Waals surface area contributed by atoms with E-state index < -0.39 is 0 Å². The van der Waals surface area contributed by atoms with Gasteiger partial charge in [0, 0.05) is 0 Å². The third-order valence-corrected chi connectivity index (χ3v) is 2.91. The van der Waals surface area contributed by atoms with Gasteiger partial charge in [-0.15, -0.1) is 0 Å². The summed E-state index contributed by atoms with van der Waals surface area (Å²) in [6.07, 6.45) is 0.453. The molecule has 0 aliphatic heterocycles. The van der Waals surface area contributed by atoms with Crippen LogP contribution in [-0.4, -0.2) is 0 Å². The van der Waals surface area contributed by atoms with Crippen molar-refractivity contribution in [3.8, 4) is 24.3 Å². The van der Waals surface area contributed by atoms with Crippen LogP contribution in [0.1, 0.15) is 33.4 Å². The molecule has 0 saturated heterocycles. The monoisotopic (exact) mass is 268 g/mol. The fourth-order valence-electron chi connectivity index (χ4n) is 2.08. The summed E-state index contributed by atoms with van der Waals surface area (Å²) in [4.78, 5) is 0. The van der Waals surface area contributed by atoms with E-state index >= 15 is 0 Å². The topological polar surface area (TPSA) is 95.2 Å². The highest BCUT2D eigenvalue weighted by molar-refractivity contribution is 5.47. The van der Waals surface area contributed by atoms with Gasteiger partial charge in [0.15, 0.2) is 0 Å². The van der Waals surface area contributed by atoms with Gasteiger partial charge in [0.1, 0.15) is 0 Å². The molecule has 4 nitrogen and oxygen atoms in total. The predicted molar refractivity (Wildman–Crippen MR) is 74.6 cm³/mol. The minimum atomic E-state index is 0.418. The molecule has 0 aliphatic rings. The quantitative estimate of drug-likeness (QED) is 0.836. The third kappa shape index (κ3) is 3.24. The number of hydrogen-bond acceptors (Lipinski definition) is 4. The first kappa shape index (κ1) is 13.8. The van der Waals surface area contributed by atoms with Crippen molar-refractivity contribution in [3.05, 3.63) is 69.8 Å². The molecular weight excluding hydrogens is 260 g/mol. The van der Waals surface area contributed by atoms with Gasteiger partial charge < -0.3 is 0 Å². The van der Waals surface area contributed by atoms with Crippen LogP contribution >= 0.6 is 0 Å². The largest absolute Gasteiger partial charge is 0.192 e. The Morgan fingerprint density at radius 3 is 1.05 bits per heavy atom. The van der Waals surface area contributed by atoms with Crippen molar-refractivity contribution in [3.63, 3.8) is 0 Å². The molecule has 0 heterocycles. The molecule has 0 bridgehead atoms. The summed E-state index contributed by atoms with van der Waals surface area (Å²) >= 11 is 0. The Bertz CT molecular complexity index is 730. The molecule has 0 fully saturated rings. The van der Waals surface area contributed by atoms with Crippen LogP contribution in [0.4, 0.5) is 0 Å². The summed E-state index contributed by atoms with van der Waals surface area (Å²) in [5, 5.41) is 35.9. The predicted octanol–water partition coefficient (Wildman–Crippen LogP) is 2.76. The maximum Gasteiger partial charge on any atom is 0.0992 e. The Labute approximate surface area is 122 Å². The average molecular weight is 268 g/mol. The molecule has 2 aromatic carbocycles. The van der Waals surface area contributed by atoms with Crippen LogP contribution in [0.15, 0.2) is 36.4 Å². The van der Waals surface area contributed by atoms with Crippen LogP contribution < -0.4 is 0 Å². The molecule has 0 unspecified atom stereocenters. The molecule has 0 radical (unpaired) electrons. The molecule has 4 heteroatoms. The SMILES string of the molecule is N#Cc1cc(C#N)cc(Cc2cc(C#N)cc(C#N)c2)c1. The molecule has 0 aliphatic carbocycles. The lowest BCUT2D eigenvalue weighted by molar-refractivity contribution is 1.18. The van der Waals surface area contributed by atoms with E-state index in [4.69, 9.17) is 21.0 Å². The van der Waals surface area contributed by atoms with Crippen LogP contribution in [0.3, 0.4) is 0 Å². The fraction of sp³-hybridized carbons (Fsp3) is 0.0588. The van der Waals surface area contributed by atoms with Crippen LogP contribution in [-0.2, 0) is 6.42 Å². The lowest BCUT2D eigenvalue weighted by Crippen LogP contribution is -1.93. The summed E-state index contributed by atoms with van der Waals surface area (Å²) in [7, 11) is 0. The van der Waals surface area contributed by atoms with Gasteiger partial charge in [0.2, 0.25) is 0 Å². The number of benzene rings is 2. The van der Waals surface area contributed by atoms with Crippen LogP contribution in [0.2, 0.25) is 0 Å². The highest BCUT2D eigenvalue weighted by Gasteiger charge is 2.05. The van der Waals surface area contributed by atoms with E-state index in [1.807, 2.05) is 24.3 Å². The molecule has 0 saturated carbocycles. The first-order valence-corrected chi connectivity index (χ1v) is 6.07. The zero-order valence-corrected chi connectivity index (χ0v) is 11.0. The highest BCUT2D eigenvalue weighted by Crippen LogP contribution is 2.16. The first-order chi connectivity index (χ1) is 10.2. The molecular formula is C17H8N4. The summed E-state index contributed by atoms with van der Waals surface area (Å²) in [6, 6.07) is 17.9. The second-order valence-corrected chi connectivity index (χ2v) is 4.46. The van der Waals surface area contributed by atoms with E-state index in [2.05, 4.69) is 0 Å². The number of nitrogens with zero attached hydrogens (tertiary/aromatic N) is 4. The van der Waals surface area contributed by atoms with Crippen molar-refractivity contribution in [2.45, 2.75) is 6.42 Å². The summed E-state index contributed by atoms with van der Waals surface area (Å²) in [5.41, 5.74) is 3.26. The summed E-state index contributed by atoms with van der Waals surface area (Å²) in [6.45, 7) is 0. The lowest BCUT2D eigenvalue weighted by atomic mass is 9.98. The van der Waals surface area contributed by atoms with Gasteiger partial charge in [-0.1, -0.05) is 0 Å². The molecule has 0 N–H and O–H groups in total. The van der Waals surface area contributed by atoms with E-state index in [-0.39, 0.29) is 0 Å². The molecule has 0 spiro atoms. The van der Waals surface area contributed by atoms with Gasteiger partial charge in [-0.05, 0) is 53.9 Å². The van der Waals surface area contributed by atoms with Gasteiger partial charge in [0.05, 0.1) is 46.5 Å². The second kappa shape index (κ2) is 6.03. The Balaban J connectivity index is 2.44. The minimum Gasteiger partial charge on any atom is -0.192 e. The fourth-order valence-corrected chi connectivity index (χ4v) is 2.08. The Hall–Kier alpha value is -3.60. The van der Waals surface area contributed by atoms with Crippen molar-refractivity contribution < 1.29 is 0 Å². The van der Waals surface area contributed by atoms with Gasteiger partial charge in [-0.2, -0.15) is 21.0 Å². The van der Waals surface area contributed by atoms with Crippen LogP contribution in [0, 0.1) is 45.3 Å². The van der Waals surface area contributed by atoms with Gasteiger partial charge in [-0.25, -0.2) is 0 Å². The lowest BCUT2D eigenvalue weighted by Gasteiger charge is -2.05. The number of nitriles is 4. The second-order valence-electron chi connectivity index (χ2n) is 4.46. The normalized spacial score (nSPS) is 8.95. The molecule has 2 rings (SSSR count). The van der Waals surface area contributed by atoms with E-state index in [1.165, 1.54) is 12.1 Å². The van der Waals surface area contributed by atoms with Crippen molar-refractivity contribution >= 4 is 0 Å². The van der Waals surface area contributed by atoms with Crippen LogP contribution in [0.5, 0.6) is 0 Å². The van der Waals surface area contributed by atoms with Crippen LogP contribution in [0.25, 0.3) is 0 Å². The smallest absolute Gasteiger partial charge is 0.0992 e. The van der Waals surface area contributed by atoms with Gasteiger partial charge in [0.25, 0.3) is 0 Å². The summed E-state index contributed by atoms with van der Waals surface area (Å²) in [5.74, 6) is 0. The van der Waals surface area contributed by atoms with E-state index in [0.29, 0.717) is 28.7 Å². The minimum absolute atomic E-state index is 0.418. The molecule has 2 aromatic rings. The molecule has 96 valence electrons. The Morgan fingerprint density at radius 2 is 0.810 bits per heavy atom. The third-order valence-electron chi connectivity index (χ3n) is 2.91. The van der Waals surface area contributed by atoms with E-state index in [9.17, 15) is 0 Å². The van der Waals surface area contributed by atoms with Crippen molar-refractivity contribution in [2.75, 3.05) is 0 Å². The molecule has 0 aromatic heterocycles.